The van der Waals surface area contributed by atoms with Crippen molar-refractivity contribution in [2.45, 2.75) is 33.4 Å². The Morgan fingerprint density at radius 3 is 2.67 bits per heavy atom. The zero-order valence-corrected chi connectivity index (χ0v) is 11.4. The van der Waals surface area contributed by atoms with Crippen LogP contribution >= 0.6 is 0 Å². The van der Waals surface area contributed by atoms with Crippen molar-refractivity contribution in [3.8, 4) is 23.8 Å². The van der Waals surface area contributed by atoms with E-state index in [-0.39, 0.29) is 6.61 Å². The maximum Gasteiger partial charge on any atom is 0.162 e. The normalized spacial score (nSPS) is 10.2. The Bertz CT molecular complexity index is 407. The van der Waals surface area contributed by atoms with E-state index in [2.05, 4.69) is 25.1 Å². The van der Waals surface area contributed by atoms with Crippen LogP contribution in [0, 0.1) is 12.3 Å². The second-order valence-electron chi connectivity index (χ2n) is 4.39. The van der Waals surface area contributed by atoms with E-state index in [9.17, 15) is 0 Å². The van der Waals surface area contributed by atoms with Crippen molar-refractivity contribution in [3.63, 3.8) is 0 Å². The summed E-state index contributed by atoms with van der Waals surface area (Å²) in [6, 6.07) is 6.57. The van der Waals surface area contributed by atoms with Crippen LogP contribution in [0.15, 0.2) is 18.2 Å². The van der Waals surface area contributed by atoms with Crippen LogP contribution < -0.4 is 14.8 Å². The first-order valence-corrected chi connectivity index (χ1v) is 6.32. The summed E-state index contributed by atoms with van der Waals surface area (Å²) in [5, 5.41) is 2.27. The molecule has 0 spiro atoms. The standard InChI is InChI=1S/C15H21NO2/c1-5-9-18-14-8-7-13(11-16-12(3)4)10-15(14)17-6-2/h1,7-8,10,12,16H,6,9,11H2,2-4H3/p+1. The molecule has 0 aliphatic carbocycles. The van der Waals surface area contributed by atoms with E-state index in [4.69, 9.17) is 15.9 Å². The SMILES string of the molecule is C#CCOc1ccc(C[NH2+]C(C)C)cc1OCC. The van der Waals surface area contributed by atoms with Gasteiger partial charge in [-0.05, 0) is 39.0 Å². The topological polar surface area (TPSA) is 35.1 Å². The van der Waals surface area contributed by atoms with Crippen LogP contribution in [0.3, 0.4) is 0 Å². The summed E-state index contributed by atoms with van der Waals surface area (Å²) < 4.78 is 11.0. The number of ether oxygens (including phenoxy) is 2. The summed E-state index contributed by atoms with van der Waals surface area (Å²) in [5.41, 5.74) is 1.22. The van der Waals surface area contributed by atoms with E-state index < -0.39 is 0 Å². The molecule has 1 aromatic rings. The van der Waals surface area contributed by atoms with Gasteiger partial charge in [-0.15, -0.1) is 6.42 Å². The van der Waals surface area contributed by atoms with Gasteiger partial charge in [0.15, 0.2) is 11.5 Å². The fourth-order valence-corrected chi connectivity index (χ4v) is 1.56. The summed E-state index contributed by atoms with van der Waals surface area (Å²) in [5.74, 6) is 3.93. The molecule has 0 unspecified atom stereocenters. The predicted molar refractivity (Wildman–Crippen MR) is 72.7 cm³/mol. The number of terminal acetylenes is 1. The quantitative estimate of drug-likeness (QED) is 0.743. The van der Waals surface area contributed by atoms with Crippen molar-refractivity contribution in [3.05, 3.63) is 23.8 Å². The molecule has 0 aliphatic heterocycles. The zero-order valence-electron chi connectivity index (χ0n) is 11.4. The molecule has 0 fully saturated rings. The van der Waals surface area contributed by atoms with Crippen molar-refractivity contribution < 1.29 is 14.8 Å². The van der Waals surface area contributed by atoms with Crippen LogP contribution in [-0.2, 0) is 6.54 Å². The van der Waals surface area contributed by atoms with E-state index in [1.807, 2.05) is 25.1 Å². The summed E-state index contributed by atoms with van der Waals surface area (Å²) in [6.45, 7) is 8.12. The van der Waals surface area contributed by atoms with Crippen molar-refractivity contribution in [1.29, 1.82) is 0 Å². The molecule has 18 heavy (non-hydrogen) atoms. The fourth-order valence-electron chi connectivity index (χ4n) is 1.56. The van der Waals surface area contributed by atoms with E-state index in [0.29, 0.717) is 18.4 Å². The Balaban J connectivity index is 2.78. The van der Waals surface area contributed by atoms with Crippen molar-refractivity contribution in [2.24, 2.45) is 0 Å². The summed E-state index contributed by atoms with van der Waals surface area (Å²) >= 11 is 0. The van der Waals surface area contributed by atoms with Crippen molar-refractivity contribution >= 4 is 0 Å². The van der Waals surface area contributed by atoms with Gasteiger partial charge in [-0.25, -0.2) is 0 Å². The van der Waals surface area contributed by atoms with Gasteiger partial charge in [0.1, 0.15) is 13.2 Å². The molecule has 0 aliphatic rings. The second-order valence-corrected chi connectivity index (χ2v) is 4.39. The predicted octanol–water partition coefficient (Wildman–Crippen LogP) is 1.57. The van der Waals surface area contributed by atoms with Crippen LogP contribution in [0.2, 0.25) is 0 Å². The monoisotopic (exact) mass is 248 g/mol. The minimum absolute atomic E-state index is 0.261. The number of hydrogen-bond donors (Lipinski definition) is 1. The summed E-state index contributed by atoms with van der Waals surface area (Å²) in [6.07, 6.45) is 5.19. The van der Waals surface area contributed by atoms with Gasteiger partial charge in [0.25, 0.3) is 0 Å². The van der Waals surface area contributed by atoms with Gasteiger partial charge in [0.05, 0.1) is 12.6 Å². The van der Waals surface area contributed by atoms with Crippen LogP contribution in [0.5, 0.6) is 11.5 Å². The highest BCUT2D eigenvalue weighted by Crippen LogP contribution is 2.28. The third kappa shape index (κ3) is 4.68. The van der Waals surface area contributed by atoms with Crippen molar-refractivity contribution in [1.82, 2.24) is 0 Å². The Labute approximate surface area is 109 Å². The summed E-state index contributed by atoms with van der Waals surface area (Å²) in [7, 11) is 0. The minimum atomic E-state index is 0.261. The molecule has 0 saturated heterocycles. The first-order valence-electron chi connectivity index (χ1n) is 6.32. The lowest BCUT2D eigenvalue weighted by Gasteiger charge is -2.12. The van der Waals surface area contributed by atoms with Crippen LogP contribution in [0.25, 0.3) is 0 Å². The third-order valence-electron chi connectivity index (χ3n) is 2.44. The number of benzene rings is 1. The molecule has 0 radical (unpaired) electrons. The molecule has 2 N–H and O–H groups in total. The lowest BCUT2D eigenvalue weighted by atomic mass is 10.2. The average Bonchev–Trinajstić information content (AvgIpc) is 2.35. The van der Waals surface area contributed by atoms with Gasteiger partial charge in [-0.1, -0.05) is 5.92 Å². The minimum Gasteiger partial charge on any atom is -0.490 e. The number of rotatable bonds is 7. The number of nitrogens with two attached hydrogens (primary N) is 1. The van der Waals surface area contributed by atoms with Crippen LogP contribution in [0.1, 0.15) is 26.3 Å². The molecular formula is C15H22NO2+. The first kappa shape index (κ1) is 14.4. The lowest BCUT2D eigenvalue weighted by molar-refractivity contribution is -0.698. The summed E-state index contributed by atoms with van der Waals surface area (Å²) in [4.78, 5) is 0. The molecule has 0 amide bonds. The molecular weight excluding hydrogens is 226 g/mol. The number of hydrogen-bond acceptors (Lipinski definition) is 2. The molecule has 0 aromatic heterocycles. The Hall–Kier alpha value is -1.66. The average molecular weight is 248 g/mol. The molecule has 0 saturated carbocycles. The van der Waals surface area contributed by atoms with Gasteiger partial charge in [0, 0.05) is 5.56 Å². The molecule has 0 atom stereocenters. The highest BCUT2D eigenvalue weighted by molar-refractivity contribution is 5.43. The molecule has 1 aromatic carbocycles. The van der Waals surface area contributed by atoms with E-state index >= 15 is 0 Å². The zero-order chi connectivity index (χ0) is 13.4. The molecule has 3 nitrogen and oxygen atoms in total. The van der Waals surface area contributed by atoms with E-state index in [0.717, 1.165) is 12.3 Å². The highest BCUT2D eigenvalue weighted by atomic mass is 16.5. The molecule has 0 heterocycles. The molecule has 98 valence electrons. The highest BCUT2D eigenvalue weighted by Gasteiger charge is 2.07. The van der Waals surface area contributed by atoms with Gasteiger partial charge >= 0.3 is 0 Å². The van der Waals surface area contributed by atoms with Crippen molar-refractivity contribution in [2.75, 3.05) is 13.2 Å². The largest absolute Gasteiger partial charge is 0.490 e. The maximum absolute atomic E-state index is 5.57. The van der Waals surface area contributed by atoms with E-state index in [1.54, 1.807) is 0 Å². The van der Waals surface area contributed by atoms with E-state index in [1.165, 1.54) is 5.56 Å². The molecule has 1 rings (SSSR count). The maximum atomic E-state index is 5.57. The molecule has 3 heteroatoms. The number of quaternary nitrogens is 1. The van der Waals surface area contributed by atoms with Gasteiger partial charge < -0.3 is 14.8 Å². The van der Waals surface area contributed by atoms with Gasteiger partial charge in [-0.2, -0.15) is 0 Å². The van der Waals surface area contributed by atoms with Gasteiger partial charge in [0.2, 0.25) is 0 Å². The lowest BCUT2D eigenvalue weighted by Crippen LogP contribution is -2.86. The second kappa shape index (κ2) is 7.62. The fraction of sp³-hybridized carbons (Fsp3) is 0.467. The van der Waals surface area contributed by atoms with Crippen LogP contribution in [-0.4, -0.2) is 19.3 Å². The first-order chi connectivity index (χ1) is 8.67. The van der Waals surface area contributed by atoms with Gasteiger partial charge in [-0.3, -0.25) is 0 Å². The smallest absolute Gasteiger partial charge is 0.162 e. The Morgan fingerprint density at radius 1 is 1.28 bits per heavy atom. The third-order valence-corrected chi connectivity index (χ3v) is 2.44. The van der Waals surface area contributed by atoms with Crippen LogP contribution in [0.4, 0.5) is 0 Å². The molecule has 0 bridgehead atoms. The Kier molecular flexibility index (Phi) is 6.10. The Morgan fingerprint density at radius 2 is 2.06 bits per heavy atom.